The van der Waals surface area contributed by atoms with Gasteiger partial charge in [-0.15, -0.1) is 0 Å². The zero-order valence-electron chi connectivity index (χ0n) is 1.38. The van der Waals surface area contributed by atoms with Crippen LogP contribution in [0.25, 0.3) is 0 Å². The van der Waals surface area contributed by atoms with Crippen LogP contribution in [0.4, 0.5) is 0 Å². The molecule has 0 atom stereocenters. The number of rotatable bonds is 0. The molecule has 0 amide bonds. The van der Waals surface area contributed by atoms with E-state index in [9.17, 15) is 0 Å². The van der Waals surface area contributed by atoms with Gasteiger partial charge in [-0.25, -0.2) is 0 Å². The Labute approximate surface area is 49.3 Å². The van der Waals surface area contributed by atoms with E-state index in [0.29, 0.717) is 0 Å². The third-order valence-electron chi connectivity index (χ3n) is 0. The van der Waals surface area contributed by atoms with Gasteiger partial charge in [-0.1, -0.05) is 7.43 Å². The molecule has 0 aromatic rings. The van der Waals surface area contributed by atoms with E-state index < -0.39 is 0 Å². The summed E-state index contributed by atoms with van der Waals surface area (Å²) in [6.45, 7) is 0. The fourth-order valence-corrected chi connectivity index (χ4v) is 0. The maximum Gasteiger partial charge on any atom is 0 e. The van der Waals surface area contributed by atoms with Gasteiger partial charge in [-0.05, 0) is 0 Å². The summed E-state index contributed by atoms with van der Waals surface area (Å²) >= 11 is 0. The zero-order valence-corrected chi connectivity index (χ0v) is 4.56. The Hall–Kier alpha value is 1.09. The van der Waals surface area contributed by atoms with E-state index in [1.54, 1.807) is 0 Å². The second-order valence-electron chi connectivity index (χ2n) is 0. The molecular weight excluding hydrogens is 127 g/mol. The fraction of sp³-hybridized carbons (Fsp3) is 1.00. The minimum atomic E-state index is 0. The van der Waals surface area contributed by atoms with Crippen molar-refractivity contribution in [2.24, 2.45) is 0 Å². The third-order valence-corrected chi connectivity index (χ3v) is 0. The fourth-order valence-electron chi connectivity index (χ4n) is 0. The van der Waals surface area contributed by atoms with Crippen LogP contribution in [0.15, 0.2) is 0 Å². The molecule has 0 saturated carbocycles. The van der Waals surface area contributed by atoms with E-state index in [1.165, 1.54) is 0 Å². The molecule has 0 bridgehead atoms. The van der Waals surface area contributed by atoms with Gasteiger partial charge in [0.05, 0.1) is 0 Å². The predicted octanol–water partition coefficient (Wildman–Crippen LogP) is 0.366. The molecule has 0 heterocycles. The number of hydrogen-bond acceptors (Lipinski definition) is 0. The van der Waals surface area contributed by atoms with Gasteiger partial charge in [-0.2, -0.15) is 13.5 Å². The van der Waals surface area contributed by atoms with Crippen molar-refractivity contribution in [1.29, 1.82) is 0 Å². The molecule has 27 valence electrons. The van der Waals surface area contributed by atoms with E-state index in [1.807, 2.05) is 0 Å². The molecule has 0 aliphatic heterocycles. The molecule has 0 spiro atoms. The summed E-state index contributed by atoms with van der Waals surface area (Å²) in [4.78, 5) is 0. The van der Waals surface area contributed by atoms with Gasteiger partial charge in [0.1, 0.15) is 0 Å². The normalized spacial score (nSPS) is 0. The second-order valence-corrected chi connectivity index (χ2v) is 0. The van der Waals surface area contributed by atoms with Crippen LogP contribution in [0.2, 0.25) is 0 Å². The maximum absolute atomic E-state index is 0. The van der Waals surface area contributed by atoms with Gasteiger partial charge in [0.2, 0.25) is 0 Å². The molecular formula is CH6MnSSi. The molecule has 0 nitrogen and oxygen atoms in total. The Morgan fingerprint density at radius 2 is 1.00 bits per heavy atom. The maximum atomic E-state index is 0. The van der Waals surface area contributed by atoms with Crippen molar-refractivity contribution in [3.8, 4) is 0 Å². The smallest absolute Gasteiger partial charge is 0 e. The van der Waals surface area contributed by atoms with Gasteiger partial charge in [-0.3, -0.25) is 0 Å². The summed E-state index contributed by atoms with van der Waals surface area (Å²) in [6, 6.07) is 0. The first-order valence-corrected chi connectivity index (χ1v) is 0. The van der Waals surface area contributed by atoms with Gasteiger partial charge < -0.3 is 0 Å². The van der Waals surface area contributed by atoms with Crippen LogP contribution in [0, 0.1) is 0 Å². The summed E-state index contributed by atoms with van der Waals surface area (Å²) in [5, 5.41) is 0. The van der Waals surface area contributed by atoms with Gasteiger partial charge >= 0.3 is 0 Å². The first-order valence-electron chi connectivity index (χ1n) is 0. The van der Waals surface area contributed by atoms with Crippen LogP contribution in [0.3, 0.4) is 0 Å². The van der Waals surface area contributed by atoms with Crippen LogP contribution < -0.4 is 0 Å². The Morgan fingerprint density at radius 1 is 1.00 bits per heavy atom. The Morgan fingerprint density at radius 3 is 1.00 bits per heavy atom. The van der Waals surface area contributed by atoms with Gasteiger partial charge in [0, 0.05) is 28.0 Å². The van der Waals surface area contributed by atoms with Crippen molar-refractivity contribution in [2.45, 2.75) is 7.43 Å². The molecule has 0 unspecified atom stereocenters. The standard InChI is InChI=1S/CH4.Mn.H2S.Si/h1H4;;1H2;. The molecule has 4 heavy (non-hydrogen) atoms. The first kappa shape index (κ1) is 72.0. The Kier molecular flexibility index (Phi) is 593. The summed E-state index contributed by atoms with van der Waals surface area (Å²) in [6.07, 6.45) is 0. The van der Waals surface area contributed by atoms with E-state index in [4.69, 9.17) is 0 Å². The van der Waals surface area contributed by atoms with Crippen LogP contribution >= 0.6 is 13.5 Å². The Balaban J connectivity index is 0. The quantitative estimate of drug-likeness (QED) is 0.419. The third kappa shape index (κ3) is 11.4. The van der Waals surface area contributed by atoms with Crippen molar-refractivity contribution in [3.63, 3.8) is 0 Å². The molecule has 0 aliphatic carbocycles. The zero-order chi connectivity index (χ0) is 0. The minimum absolute atomic E-state index is 0. The summed E-state index contributed by atoms with van der Waals surface area (Å²) in [5.74, 6) is 0. The summed E-state index contributed by atoms with van der Waals surface area (Å²) in [5.41, 5.74) is 0. The van der Waals surface area contributed by atoms with E-state index in [2.05, 4.69) is 0 Å². The number of hydrogen-bond donors (Lipinski definition) is 0. The first-order chi connectivity index (χ1) is 0. The van der Waals surface area contributed by atoms with Crippen molar-refractivity contribution in [2.75, 3.05) is 0 Å². The molecule has 0 rings (SSSR count). The largest absolute Gasteiger partial charge is 0.197 e. The molecule has 0 aliphatic rings. The summed E-state index contributed by atoms with van der Waals surface area (Å²) in [7, 11) is 0. The van der Waals surface area contributed by atoms with E-state index in [-0.39, 0.29) is 49.0 Å². The molecule has 0 fully saturated rings. The van der Waals surface area contributed by atoms with Crippen molar-refractivity contribution >= 4 is 24.5 Å². The predicted molar refractivity (Wildman–Crippen MR) is 22.9 cm³/mol. The van der Waals surface area contributed by atoms with Crippen LogP contribution in [0.5, 0.6) is 0 Å². The molecule has 0 saturated heterocycles. The molecule has 5 radical (unpaired) electrons. The molecule has 0 N–H and O–H groups in total. The molecule has 3 heteroatoms. The van der Waals surface area contributed by atoms with Crippen molar-refractivity contribution in [3.05, 3.63) is 0 Å². The summed E-state index contributed by atoms with van der Waals surface area (Å²) < 4.78 is 0. The average Bonchev–Trinajstić information content (AvgIpc) is 0. The van der Waals surface area contributed by atoms with Crippen LogP contribution in [-0.4, -0.2) is 11.0 Å². The average molecular weight is 133 g/mol. The van der Waals surface area contributed by atoms with Gasteiger partial charge in [0.15, 0.2) is 0 Å². The van der Waals surface area contributed by atoms with Crippen LogP contribution in [0.1, 0.15) is 7.43 Å². The molecule has 0 aromatic carbocycles. The topological polar surface area (TPSA) is 0 Å². The van der Waals surface area contributed by atoms with Gasteiger partial charge in [0.25, 0.3) is 0 Å². The second kappa shape index (κ2) is 33.0. The SMILES string of the molecule is C.S.[Mn].[Si]. The van der Waals surface area contributed by atoms with Crippen molar-refractivity contribution < 1.29 is 17.1 Å². The minimum Gasteiger partial charge on any atom is -0.197 e. The van der Waals surface area contributed by atoms with E-state index in [0.717, 1.165) is 0 Å². The Bertz CT molecular complexity index is 8.00. The van der Waals surface area contributed by atoms with Crippen molar-refractivity contribution in [1.82, 2.24) is 0 Å². The van der Waals surface area contributed by atoms with E-state index >= 15 is 0 Å². The monoisotopic (exact) mass is 133 g/mol. The van der Waals surface area contributed by atoms with Crippen LogP contribution in [-0.2, 0) is 17.1 Å². The molecule has 0 aromatic heterocycles.